The standard InChI is InChI=1S/C21H23N5O3S/c1-28-17-7-3-2-5-15(17)9-10-20(27)26-11-12-29-18(13-26)16-6-4-8-19(23-16)24-21-25-22-14-30-21/h2-8,14,18H,9-13H2,1H3,(H,23,24,25). The predicted molar refractivity (Wildman–Crippen MR) is 114 cm³/mol. The lowest BCUT2D eigenvalue weighted by Crippen LogP contribution is -2.42. The van der Waals surface area contributed by atoms with Crippen LogP contribution in [0.1, 0.15) is 23.8 Å². The minimum absolute atomic E-state index is 0.109. The summed E-state index contributed by atoms with van der Waals surface area (Å²) in [4.78, 5) is 19.3. The third-order valence-electron chi connectivity index (χ3n) is 4.92. The summed E-state index contributed by atoms with van der Waals surface area (Å²) in [6.07, 6.45) is 0.814. The number of nitrogens with zero attached hydrogens (tertiary/aromatic N) is 4. The van der Waals surface area contributed by atoms with Crippen LogP contribution in [0.5, 0.6) is 5.75 Å². The van der Waals surface area contributed by atoms with Crippen molar-refractivity contribution in [3.8, 4) is 5.75 Å². The van der Waals surface area contributed by atoms with Crippen molar-refractivity contribution in [1.29, 1.82) is 0 Å². The summed E-state index contributed by atoms with van der Waals surface area (Å²) >= 11 is 1.40. The molecule has 30 heavy (non-hydrogen) atoms. The maximum atomic E-state index is 12.8. The molecule has 1 unspecified atom stereocenters. The van der Waals surface area contributed by atoms with E-state index >= 15 is 0 Å². The van der Waals surface area contributed by atoms with E-state index in [1.165, 1.54) is 11.3 Å². The Morgan fingerprint density at radius 1 is 1.30 bits per heavy atom. The summed E-state index contributed by atoms with van der Waals surface area (Å²) in [6, 6.07) is 13.5. The van der Waals surface area contributed by atoms with E-state index in [0.717, 1.165) is 17.0 Å². The quantitative estimate of drug-likeness (QED) is 0.622. The van der Waals surface area contributed by atoms with Crippen LogP contribution in [-0.4, -0.2) is 52.8 Å². The monoisotopic (exact) mass is 425 g/mol. The minimum Gasteiger partial charge on any atom is -0.496 e. The van der Waals surface area contributed by atoms with Crippen LogP contribution >= 0.6 is 11.3 Å². The van der Waals surface area contributed by atoms with Crippen molar-refractivity contribution in [1.82, 2.24) is 20.1 Å². The number of anilines is 2. The molecule has 0 radical (unpaired) electrons. The Kier molecular flexibility index (Phi) is 6.50. The molecule has 0 spiro atoms. The number of hydrogen-bond acceptors (Lipinski definition) is 8. The predicted octanol–water partition coefficient (Wildman–Crippen LogP) is 3.22. The van der Waals surface area contributed by atoms with Crippen LogP contribution in [0.15, 0.2) is 48.0 Å². The lowest BCUT2D eigenvalue weighted by molar-refractivity contribution is -0.139. The van der Waals surface area contributed by atoms with Gasteiger partial charge >= 0.3 is 0 Å². The molecule has 4 rings (SSSR count). The molecule has 8 nitrogen and oxygen atoms in total. The molecule has 1 amide bonds. The fourth-order valence-electron chi connectivity index (χ4n) is 3.40. The molecule has 9 heteroatoms. The first-order valence-corrected chi connectivity index (χ1v) is 10.6. The topological polar surface area (TPSA) is 89.5 Å². The Morgan fingerprint density at radius 2 is 2.20 bits per heavy atom. The molecule has 1 atom stereocenters. The number of aryl methyl sites for hydroxylation is 1. The van der Waals surface area contributed by atoms with Crippen LogP contribution in [-0.2, 0) is 16.0 Å². The number of amides is 1. The molecule has 2 aromatic heterocycles. The lowest BCUT2D eigenvalue weighted by atomic mass is 10.1. The van der Waals surface area contributed by atoms with E-state index in [1.54, 1.807) is 12.6 Å². The Hall–Kier alpha value is -3.04. The second-order valence-corrected chi connectivity index (χ2v) is 7.66. The van der Waals surface area contributed by atoms with E-state index in [0.29, 0.717) is 43.5 Å². The average Bonchev–Trinajstić information content (AvgIpc) is 3.31. The van der Waals surface area contributed by atoms with Crippen molar-refractivity contribution in [3.63, 3.8) is 0 Å². The third-order valence-corrected chi connectivity index (χ3v) is 5.52. The van der Waals surface area contributed by atoms with Crippen LogP contribution in [0.2, 0.25) is 0 Å². The number of methoxy groups -OCH3 is 1. The molecule has 0 saturated carbocycles. The van der Waals surface area contributed by atoms with Gasteiger partial charge in [-0.2, -0.15) is 0 Å². The number of carbonyl (C=O) groups is 1. The first-order chi connectivity index (χ1) is 14.7. The van der Waals surface area contributed by atoms with Gasteiger partial charge in [-0.15, -0.1) is 10.2 Å². The Labute approximate surface area is 178 Å². The normalized spacial score (nSPS) is 16.3. The molecular weight excluding hydrogens is 402 g/mol. The minimum atomic E-state index is -0.259. The van der Waals surface area contributed by atoms with E-state index in [1.807, 2.05) is 47.4 Å². The van der Waals surface area contributed by atoms with Gasteiger partial charge in [0.05, 0.1) is 26.0 Å². The largest absolute Gasteiger partial charge is 0.496 e. The fourth-order valence-corrected chi connectivity index (χ4v) is 3.85. The van der Waals surface area contributed by atoms with E-state index in [9.17, 15) is 4.79 Å². The summed E-state index contributed by atoms with van der Waals surface area (Å²) in [5, 5.41) is 11.6. The second kappa shape index (κ2) is 9.64. The molecule has 1 N–H and O–H groups in total. The highest BCUT2D eigenvalue weighted by atomic mass is 32.1. The van der Waals surface area contributed by atoms with Gasteiger partial charge in [0, 0.05) is 13.0 Å². The van der Waals surface area contributed by atoms with Gasteiger partial charge in [-0.3, -0.25) is 4.79 Å². The molecule has 0 aliphatic carbocycles. The zero-order chi connectivity index (χ0) is 20.8. The van der Waals surface area contributed by atoms with Gasteiger partial charge in [-0.1, -0.05) is 35.6 Å². The highest BCUT2D eigenvalue weighted by molar-refractivity contribution is 7.13. The molecule has 3 aromatic rings. The molecule has 1 aromatic carbocycles. The second-order valence-electron chi connectivity index (χ2n) is 6.83. The average molecular weight is 426 g/mol. The summed E-state index contributed by atoms with van der Waals surface area (Å²) in [7, 11) is 1.65. The molecule has 1 saturated heterocycles. The number of carbonyl (C=O) groups excluding carboxylic acids is 1. The summed E-state index contributed by atoms with van der Waals surface area (Å²) < 4.78 is 11.3. The van der Waals surface area contributed by atoms with E-state index < -0.39 is 0 Å². The molecule has 1 aliphatic rings. The number of nitrogens with one attached hydrogen (secondary N) is 1. The summed E-state index contributed by atoms with van der Waals surface area (Å²) in [6.45, 7) is 1.56. The van der Waals surface area contributed by atoms with Gasteiger partial charge in [0.1, 0.15) is 23.2 Å². The van der Waals surface area contributed by atoms with E-state index in [4.69, 9.17) is 9.47 Å². The lowest BCUT2D eigenvalue weighted by Gasteiger charge is -2.33. The number of ether oxygens (including phenoxy) is 2. The smallest absolute Gasteiger partial charge is 0.223 e. The van der Waals surface area contributed by atoms with Crippen molar-refractivity contribution >= 4 is 28.2 Å². The molecule has 156 valence electrons. The first-order valence-electron chi connectivity index (χ1n) is 9.74. The van der Waals surface area contributed by atoms with Crippen molar-refractivity contribution in [3.05, 3.63) is 59.2 Å². The fraction of sp³-hybridized carbons (Fsp3) is 0.333. The van der Waals surface area contributed by atoms with Gasteiger partial charge in [-0.05, 0) is 30.2 Å². The maximum absolute atomic E-state index is 12.8. The molecule has 3 heterocycles. The maximum Gasteiger partial charge on any atom is 0.223 e. The Morgan fingerprint density at radius 3 is 3.03 bits per heavy atom. The van der Waals surface area contributed by atoms with Crippen molar-refractivity contribution in [2.45, 2.75) is 18.9 Å². The number of benzene rings is 1. The van der Waals surface area contributed by atoms with E-state index in [-0.39, 0.29) is 12.0 Å². The number of rotatable bonds is 7. The van der Waals surface area contributed by atoms with Crippen molar-refractivity contribution < 1.29 is 14.3 Å². The zero-order valence-electron chi connectivity index (χ0n) is 16.7. The van der Waals surface area contributed by atoms with Gasteiger partial charge in [0.25, 0.3) is 0 Å². The third kappa shape index (κ3) is 4.92. The zero-order valence-corrected chi connectivity index (χ0v) is 17.5. The number of morpholine rings is 1. The highest BCUT2D eigenvalue weighted by Crippen LogP contribution is 2.25. The number of para-hydroxylation sites is 1. The summed E-state index contributed by atoms with van der Waals surface area (Å²) in [5.74, 6) is 1.60. The molecular formula is C21H23N5O3S. The number of aromatic nitrogens is 3. The molecule has 1 aliphatic heterocycles. The van der Waals surface area contributed by atoms with Crippen LogP contribution < -0.4 is 10.1 Å². The van der Waals surface area contributed by atoms with Gasteiger partial charge in [-0.25, -0.2) is 4.98 Å². The van der Waals surface area contributed by atoms with Gasteiger partial charge in [0.15, 0.2) is 0 Å². The molecule has 1 fully saturated rings. The van der Waals surface area contributed by atoms with Crippen LogP contribution in [0.3, 0.4) is 0 Å². The van der Waals surface area contributed by atoms with Crippen LogP contribution in [0.25, 0.3) is 0 Å². The highest BCUT2D eigenvalue weighted by Gasteiger charge is 2.26. The van der Waals surface area contributed by atoms with Gasteiger partial charge < -0.3 is 19.7 Å². The SMILES string of the molecule is COc1ccccc1CCC(=O)N1CCOC(c2cccc(Nc3nncs3)n2)C1. The van der Waals surface area contributed by atoms with Crippen molar-refractivity contribution in [2.24, 2.45) is 0 Å². The Bertz CT molecular complexity index is 982. The first kappa shape index (κ1) is 20.2. The summed E-state index contributed by atoms with van der Waals surface area (Å²) in [5.41, 5.74) is 3.48. The van der Waals surface area contributed by atoms with Crippen molar-refractivity contribution in [2.75, 3.05) is 32.1 Å². The Balaban J connectivity index is 1.37. The molecule has 0 bridgehead atoms. The van der Waals surface area contributed by atoms with Crippen LogP contribution in [0, 0.1) is 0 Å². The number of pyridine rings is 1. The van der Waals surface area contributed by atoms with Crippen LogP contribution in [0.4, 0.5) is 10.9 Å². The van der Waals surface area contributed by atoms with Gasteiger partial charge in [0.2, 0.25) is 11.0 Å². The number of hydrogen-bond donors (Lipinski definition) is 1. The van der Waals surface area contributed by atoms with E-state index in [2.05, 4.69) is 20.5 Å².